The largest absolute Gasteiger partial charge is 0.481 e. The maximum absolute atomic E-state index is 11.8. The van der Waals surface area contributed by atoms with E-state index in [0.29, 0.717) is 6.42 Å². The van der Waals surface area contributed by atoms with Crippen molar-refractivity contribution < 1.29 is 14.7 Å². The molecule has 1 atom stereocenters. The number of carboxylic acids is 1. The number of rotatable bonds is 6. The van der Waals surface area contributed by atoms with Gasteiger partial charge in [0.15, 0.2) is 5.43 Å². The summed E-state index contributed by atoms with van der Waals surface area (Å²) in [7, 11) is 0. The van der Waals surface area contributed by atoms with Crippen LogP contribution in [0.15, 0.2) is 23.3 Å². The second-order valence-electron chi connectivity index (χ2n) is 3.98. The Bertz CT molecular complexity index is 481. The zero-order chi connectivity index (χ0) is 13.5. The van der Waals surface area contributed by atoms with Crippen LogP contribution in [0.5, 0.6) is 0 Å². The molecule has 0 saturated heterocycles. The first-order valence-corrected chi connectivity index (χ1v) is 5.74. The Kier molecular flexibility index (Phi) is 5.10. The van der Waals surface area contributed by atoms with E-state index in [9.17, 15) is 14.4 Å². The van der Waals surface area contributed by atoms with Gasteiger partial charge in [-0.1, -0.05) is 13.3 Å². The summed E-state index contributed by atoms with van der Waals surface area (Å²) < 4.78 is 0. The molecule has 0 bridgehead atoms. The molecule has 0 aliphatic heterocycles. The Morgan fingerprint density at radius 2 is 2.22 bits per heavy atom. The fourth-order valence-electron chi connectivity index (χ4n) is 1.64. The summed E-state index contributed by atoms with van der Waals surface area (Å²) in [6, 6.07) is 0.792. The van der Waals surface area contributed by atoms with E-state index >= 15 is 0 Å². The number of hydrogen-bond acceptors (Lipinski definition) is 3. The molecule has 1 aromatic rings. The van der Waals surface area contributed by atoms with E-state index < -0.39 is 23.3 Å². The summed E-state index contributed by atoms with van der Waals surface area (Å²) in [4.78, 5) is 36.5. The zero-order valence-corrected chi connectivity index (χ0v) is 10.1. The Morgan fingerprint density at radius 1 is 1.50 bits per heavy atom. The van der Waals surface area contributed by atoms with E-state index in [1.807, 2.05) is 6.92 Å². The van der Waals surface area contributed by atoms with Crippen molar-refractivity contribution in [3.63, 3.8) is 0 Å². The molecule has 0 aliphatic carbocycles. The van der Waals surface area contributed by atoms with Crippen molar-refractivity contribution in [1.82, 2.24) is 10.3 Å². The number of H-pyrrole nitrogens is 1. The third kappa shape index (κ3) is 4.04. The molecular formula is C12H16N2O4. The van der Waals surface area contributed by atoms with Crippen LogP contribution in [0.25, 0.3) is 0 Å². The van der Waals surface area contributed by atoms with Crippen molar-refractivity contribution >= 4 is 11.9 Å². The Labute approximate surface area is 104 Å². The molecule has 6 nitrogen and oxygen atoms in total. The van der Waals surface area contributed by atoms with Gasteiger partial charge in [0.05, 0.1) is 6.42 Å². The lowest BCUT2D eigenvalue weighted by molar-refractivity contribution is -0.137. The first-order chi connectivity index (χ1) is 8.54. The van der Waals surface area contributed by atoms with Crippen LogP contribution in [0, 0.1) is 0 Å². The molecule has 1 rings (SSSR count). The van der Waals surface area contributed by atoms with Gasteiger partial charge in [-0.3, -0.25) is 14.4 Å². The van der Waals surface area contributed by atoms with E-state index in [2.05, 4.69) is 10.3 Å². The number of amides is 1. The van der Waals surface area contributed by atoms with Gasteiger partial charge in [-0.2, -0.15) is 0 Å². The third-order valence-corrected chi connectivity index (χ3v) is 2.46. The lowest BCUT2D eigenvalue weighted by atomic mass is 10.1. The molecule has 0 saturated carbocycles. The fraction of sp³-hybridized carbons (Fsp3) is 0.417. The molecule has 0 spiro atoms. The standard InChI is InChI=1S/C12H16N2O4/c1-2-3-8(6-11(16)17)14-12(18)9-7-13-5-4-10(9)15/h4-5,7-8H,2-3,6H2,1H3,(H,13,15)(H,14,18)(H,16,17). The number of carboxylic acid groups (broad SMARTS) is 1. The fourth-order valence-corrected chi connectivity index (χ4v) is 1.64. The van der Waals surface area contributed by atoms with E-state index in [4.69, 9.17) is 5.11 Å². The van der Waals surface area contributed by atoms with Crippen LogP contribution in [-0.4, -0.2) is 28.0 Å². The molecule has 0 radical (unpaired) electrons. The molecule has 0 aromatic carbocycles. The van der Waals surface area contributed by atoms with Gasteiger partial charge in [0.1, 0.15) is 5.56 Å². The smallest absolute Gasteiger partial charge is 0.305 e. The normalized spacial score (nSPS) is 11.8. The second-order valence-corrected chi connectivity index (χ2v) is 3.98. The van der Waals surface area contributed by atoms with Crippen molar-refractivity contribution in [3.8, 4) is 0 Å². The van der Waals surface area contributed by atoms with Gasteiger partial charge >= 0.3 is 5.97 Å². The molecule has 1 unspecified atom stereocenters. The first kappa shape index (κ1) is 14.0. The van der Waals surface area contributed by atoms with Crippen LogP contribution in [0.4, 0.5) is 0 Å². The van der Waals surface area contributed by atoms with Gasteiger partial charge in [-0.15, -0.1) is 0 Å². The van der Waals surface area contributed by atoms with Crippen LogP contribution < -0.4 is 10.7 Å². The number of pyridine rings is 1. The van der Waals surface area contributed by atoms with Crippen LogP contribution in [0.2, 0.25) is 0 Å². The maximum Gasteiger partial charge on any atom is 0.305 e. The molecule has 98 valence electrons. The van der Waals surface area contributed by atoms with Crippen molar-refractivity contribution in [2.75, 3.05) is 0 Å². The van der Waals surface area contributed by atoms with Crippen LogP contribution in [-0.2, 0) is 4.79 Å². The van der Waals surface area contributed by atoms with E-state index in [1.54, 1.807) is 0 Å². The Balaban J connectivity index is 2.75. The number of carbonyl (C=O) groups excluding carboxylic acids is 1. The van der Waals surface area contributed by atoms with Gasteiger partial charge in [0.25, 0.3) is 5.91 Å². The minimum atomic E-state index is -0.976. The van der Waals surface area contributed by atoms with Crippen LogP contribution in [0.1, 0.15) is 36.5 Å². The van der Waals surface area contributed by atoms with E-state index in [0.717, 1.165) is 6.42 Å². The van der Waals surface area contributed by atoms with Crippen LogP contribution in [0.3, 0.4) is 0 Å². The number of carbonyl (C=O) groups is 2. The predicted molar refractivity (Wildman–Crippen MR) is 65.5 cm³/mol. The Hall–Kier alpha value is -2.11. The third-order valence-electron chi connectivity index (χ3n) is 2.46. The highest BCUT2D eigenvalue weighted by Crippen LogP contribution is 2.03. The minimum Gasteiger partial charge on any atom is -0.481 e. The van der Waals surface area contributed by atoms with Crippen molar-refractivity contribution in [2.24, 2.45) is 0 Å². The molecule has 0 aliphatic rings. The highest BCUT2D eigenvalue weighted by atomic mass is 16.4. The first-order valence-electron chi connectivity index (χ1n) is 5.74. The van der Waals surface area contributed by atoms with Gasteiger partial charge in [-0.05, 0) is 6.42 Å². The maximum atomic E-state index is 11.8. The summed E-state index contributed by atoms with van der Waals surface area (Å²) in [5, 5.41) is 11.3. The molecule has 6 heteroatoms. The topological polar surface area (TPSA) is 99.3 Å². The molecule has 1 heterocycles. The highest BCUT2D eigenvalue weighted by molar-refractivity contribution is 5.94. The average Bonchev–Trinajstić information content (AvgIpc) is 2.28. The average molecular weight is 252 g/mol. The molecule has 1 amide bonds. The number of aromatic amines is 1. The van der Waals surface area contributed by atoms with Crippen molar-refractivity contribution in [2.45, 2.75) is 32.2 Å². The summed E-state index contributed by atoms with van der Waals surface area (Å²) in [6.07, 6.45) is 3.90. The van der Waals surface area contributed by atoms with Gasteiger partial charge < -0.3 is 15.4 Å². The van der Waals surface area contributed by atoms with Gasteiger partial charge in [-0.25, -0.2) is 0 Å². The second kappa shape index (κ2) is 6.58. The molecule has 3 N–H and O–H groups in total. The molecule has 18 heavy (non-hydrogen) atoms. The monoisotopic (exact) mass is 252 g/mol. The SMILES string of the molecule is CCCC(CC(=O)O)NC(=O)c1c[nH]ccc1=O. The summed E-state index contributed by atoms with van der Waals surface area (Å²) in [5.74, 6) is -1.52. The van der Waals surface area contributed by atoms with Crippen molar-refractivity contribution in [3.05, 3.63) is 34.2 Å². The molecule has 0 fully saturated rings. The summed E-state index contributed by atoms with van der Waals surface area (Å²) in [6.45, 7) is 1.90. The summed E-state index contributed by atoms with van der Waals surface area (Å²) in [5.41, 5.74) is -0.402. The van der Waals surface area contributed by atoms with Gasteiger partial charge in [0.2, 0.25) is 0 Å². The predicted octanol–water partition coefficient (Wildman–Crippen LogP) is 0.748. The quantitative estimate of drug-likeness (QED) is 0.695. The Morgan fingerprint density at radius 3 is 2.78 bits per heavy atom. The number of aliphatic carboxylic acids is 1. The zero-order valence-electron chi connectivity index (χ0n) is 10.1. The van der Waals surface area contributed by atoms with Gasteiger partial charge in [0, 0.05) is 24.5 Å². The molecule has 1 aromatic heterocycles. The summed E-state index contributed by atoms with van der Waals surface area (Å²) >= 11 is 0. The van der Waals surface area contributed by atoms with E-state index in [1.165, 1.54) is 18.5 Å². The number of nitrogens with one attached hydrogen (secondary N) is 2. The molecular weight excluding hydrogens is 236 g/mol. The highest BCUT2D eigenvalue weighted by Gasteiger charge is 2.17. The van der Waals surface area contributed by atoms with E-state index in [-0.39, 0.29) is 12.0 Å². The lowest BCUT2D eigenvalue weighted by Crippen LogP contribution is -2.38. The number of hydrogen-bond donors (Lipinski definition) is 3. The van der Waals surface area contributed by atoms with Crippen molar-refractivity contribution in [1.29, 1.82) is 0 Å². The number of aromatic nitrogens is 1. The minimum absolute atomic E-state index is 0.0102. The lowest BCUT2D eigenvalue weighted by Gasteiger charge is -2.15. The van der Waals surface area contributed by atoms with Crippen LogP contribution >= 0.6 is 0 Å².